The first-order valence-corrected chi connectivity index (χ1v) is 7.11. The lowest BCUT2D eigenvalue weighted by Gasteiger charge is -2.11. The number of ketones is 1. The van der Waals surface area contributed by atoms with Crippen LogP contribution in [0.3, 0.4) is 0 Å². The van der Waals surface area contributed by atoms with E-state index in [1.54, 1.807) is 18.2 Å². The molecule has 0 amide bonds. The summed E-state index contributed by atoms with van der Waals surface area (Å²) < 4.78 is 15.6. The summed E-state index contributed by atoms with van der Waals surface area (Å²) in [7, 11) is 4.41. The van der Waals surface area contributed by atoms with E-state index in [0.717, 1.165) is 0 Å². The first-order chi connectivity index (χ1) is 12.0. The molecule has 7 heteroatoms. The zero-order chi connectivity index (χ0) is 18.4. The van der Waals surface area contributed by atoms with Gasteiger partial charge in [-0.25, -0.2) is 0 Å². The Morgan fingerprint density at radius 2 is 1.60 bits per heavy atom. The summed E-state index contributed by atoms with van der Waals surface area (Å²) >= 11 is 0. The fourth-order valence-corrected chi connectivity index (χ4v) is 2.14. The summed E-state index contributed by atoms with van der Waals surface area (Å²) in [5.41, 5.74) is 0.0348. The van der Waals surface area contributed by atoms with Crippen molar-refractivity contribution >= 4 is 11.5 Å². The summed E-state index contributed by atoms with van der Waals surface area (Å²) in [4.78, 5) is 22.6. The van der Waals surface area contributed by atoms with Crippen LogP contribution in [0.5, 0.6) is 17.2 Å². The van der Waals surface area contributed by atoms with Crippen LogP contribution in [0.25, 0.3) is 0 Å². The Morgan fingerprint density at radius 1 is 1.00 bits per heavy atom. The number of hydrogen-bond acceptors (Lipinski definition) is 6. The number of nitro groups is 1. The Hall–Kier alpha value is -3.53. The molecule has 128 valence electrons. The Balaban J connectivity index is 2.45. The number of hydrogen-bond donors (Lipinski definition) is 0. The molecule has 25 heavy (non-hydrogen) atoms. The molecule has 0 unspecified atom stereocenters. The van der Waals surface area contributed by atoms with E-state index < -0.39 is 10.7 Å². The molecule has 7 nitrogen and oxygen atoms in total. The van der Waals surface area contributed by atoms with Crippen LogP contribution in [-0.4, -0.2) is 32.0 Å². The monoisotopic (exact) mass is 341 g/mol. The molecular weight excluding hydrogens is 326 g/mol. The predicted octanol–water partition coefficient (Wildman–Crippen LogP) is 2.86. The first-order valence-electron chi connectivity index (χ1n) is 7.11. The molecule has 0 radical (unpaired) electrons. The molecule has 0 heterocycles. The van der Waals surface area contributed by atoms with Crippen molar-refractivity contribution in [3.05, 3.63) is 57.6 Å². The molecule has 0 aromatic heterocycles. The smallest absolute Gasteiger partial charge is 0.281 e. The zero-order valence-electron chi connectivity index (χ0n) is 13.9. The van der Waals surface area contributed by atoms with Gasteiger partial charge in [-0.15, -0.1) is 0 Å². The first kappa shape index (κ1) is 17.8. The van der Waals surface area contributed by atoms with Gasteiger partial charge in [-0.1, -0.05) is 18.1 Å². The van der Waals surface area contributed by atoms with Crippen molar-refractivity contribution in [1.82, 2.24) is 0 Å². The molecule has 0 saturated heterocycles. The Kier molecular flexibility index (Phi) is 5.58. The van der Waals surface area contributed by atoms with Gasteiger partial charge >= 0.3 is 0 Å². The maximum Gasteiger partial charge on any atom is 0.281 e. The third-order valence-corrected chi connectivity index (χ3v) is 3.36. The van der Waals surface area contributed by atoms with Gasteiger partial charge in [0, 0.05) is 18.2 Å². The molecule has 2 rings (SSSR count). The fraction of sp³-hybridized carbons (Fsp3) is 0.167. The van der Waals surface area contributed by atoms with Gasteiger partial charge in [0.25, 0.3) is 5.69 Å². The molecule has 0 N–H and O–H groups in total. The average molecular weight is 341 g/mol. The van der Waals surface area contributed by atoms with Crippen LogP contribution in [0.1, 0.15) is 15.9 Å². The Bertz CT molecular complexity index is 879. The molecular formula is C18H15NO6. The van der Waals surface area contributed by atoms with E-state index in [1.165, 1.54) is 39.5 Å². The van der Waals surface area contributed by atoms with Crippen molar-refractivity contribution in [3.8, 4) is 29.1 Å². The fourth-order valence-electron chi connectivity index (χ4n) is 2.14. The second kappa shape index (κ2) is 7.84. The molecule has 0 atom stereocenters. The van der Waals surface area contributed by atoms with Gasteiger partial charge in [0.1, 0.15) is 11.3 Å². The molecule has 2 aromatic rings. The molecule has 0 fully saturated rings. The predicted molar refractivity (Wildman–Crippen MR) is 90.4 cm³/mol. The van der Waals surface area contributed by atoms with Crippen LogP contribution in [0, 0.1) is 22.0 Å². The lowest BCUT2D eigenvalue weighted by molar-refractivity contribution is -0.385. The Labute approximate surface area is 144 Å². The highest BCUT2D eigenvalue weighted by Crippen LogP contribution is 2.34. The van der Waals surface area contributed by atoms with E-state index in [4.69, 9.17) is 14.2 Å². The third kappa shape index (κ3) is 3.87. The molecule has 0 saturated carbocycles. The normalized spacial score (nSPS) is 9.56. The van der Waals surface area contributed by atoms with Crippen molar-refractivity contribution in [2.45, 2.75) is 0 Å². The zero-order valence-corrected chi connectivity index (χ0v) is 13.9. The van der Waals surface area contributed by atoms with E-state index in [0.29, 0.717) is 22.8 Å². The molecule has 0 spiro atoms. The van der Waals surface area contributed by atoms with Gasteiger partial charge in [-0.2, -0.15) is 0 Å². The van der Waals surface area contributed by atoms with Gasteiger partial charge < -0.3 is 14.2 Å². The molecule has 0 aliphatic rings. The highest BCUT2D eigenvalue weighted by atomic mass is 16.6. The van der Waals surface area contributed by atoms with Gasteiger partial charge in [0.05, 0.1) is 31.8 Å². The van der Waals surface area contributed by atoms with Crippen LogP contribution in [-0.2, 0) is 0 Å². The highest BCUT2D eigenvalue weighted by molar-refractivity contribution is 6.11. The van der Waals surface area contributed by atoms with E-state index >= 15 is 0 Å². The number of ether oxygens (including phenoxy) is 3. The highest BCUT2D eigenvalue weighted by Gasteiger charge is 2.17. The minimum Gasteiger partial charge on any atom is -0.495 e. The summed E-state index contributed by atoms with van der Waals surface area (Å²) in [6, 6.07) is 8.79. The van der Waals surface area contributed by atoms with Crippen molar-refractivity contribution in [1.29, 1.82) is 0 Å². The quantitative estimate of drug-likeness (QED) is 0.360. The number of benzene rings is 2. The van der Waals surface area contributed by atoms with E-state index in [1.807, 2.05) is 0 Å². The van der Waals surface area contributed by atoms with Crippen LogP contribution >= 0.6 is 0 Å². The summed E-state index contributed by atoms with van der Waals surface area (Å²) in [6.45, 7) is 0. The SMILES string of the molecule is COc1cc(OC)c(OC)cc1C#CC(=O)c1ccccc1[N+](=O)[O-]. The second-order valence-corrected chi connectivity index (χ2v) is 4.76. The average Bonchev–Trinajstić information content (AvgIpc) is 2.65. The molecule has 2 aromatic carbocycles. The summed E-state index contributed by atoms with van der Waals surface area (Å²) in [6.07, 6.45) is 0. The topological polar surface area (TPSA) is 87.9 Å². The minimum absolute atomic E-state index is 0.0700. The van der Waals surface area contributed by atoms with Gasteiger partial charge in [-0.05, 0) is 12.0 Å². The van der Waals surface area contributed by atoms with E-state index in [-0.39, 0.29) is 11.3 Å². The lowest BCUT2D eigenvalue weighted by atomic mass is 10.1. The Morgan fingerprint density at radius 3 is 2.20 bits per heavy atom. The standard InChI is InChI=1S/C18H15NO6/c1-23-16-11-18(25-3)17(24-2)10-12(16)8-9-15(20)13-6-4-5-7-14(13)19(21)22/h4-7,10-11H,1-3H3. The van der Waals surface area contributed by atoms with Crippen LogP contribution in [0.4, 0.5) is 5.69 Å². The second-order valence-electron chi connectivity index (χ2n) is 4.76. The van der Waals surface area contributed by atoms with Crippen molar-refractivity contribution < 1.29 is 23.9 Å². The van der Waals surface area contributed by atoms with Crippen molar-refractivity contribution in [2.24, 2.45) is 0 Å². The minimum atomic E-state index is -0.663. The number of methoxy groups -OCH3 is 3. The van der Waals surface area contributed by atoms with Crippen LogP contribution < -0.4 is 14.2 Å². The number of para-hydroxylation sites is 1. The largest absolute Gasteiger partial charge is 0.495 e. The summed E-state index contributed by atoms with van der Waals surface area (Å²) in [5.74, 6) is 5.68. The van der Waals surface area contributed by atoms with Crippen molar-refractivity contribution in [2.75, 3.05) is 21.3 Å². The number of nitrogens with zero attached hydrogens (tertiary/aromatic N) is 1. The maximum atomic E-state index is 12.2. The molecule has 0 aliphatic heterocycles. The van der Waals surface area contributed by atoms with Gasteiger partial charge in [0.2, 0.25) is 5.78 Å². The molecule has 0 bridgehead atoms. The number of carbonyl (C=O) groups excluding carboxylic acids is 1. The maximum absolute atomic E-state index is 12.2. The molecule has 0 aliphatic carbocycles. The lowest BCUT2D eigenvalue weighted by Crippen LogP contribution is -2.01. The summed E-state index contributed by atoms with van der Waals surface area (Å²) in [5, 5.41) is 11.0. The van der Waals surface area contributed by atoms with Crippen LogP contribution in [0.15, 0.2) is 36.4 Å². The number of Topliss-reactive ketones (excluding diaryl/α,β-unsaturated/α-hetero) is 1. The number of nitro benzene ring substituents is 1. The number of rotatable bonds is 5. The van der Waals surface area contributed by atoms with E-state index in [2.05, 4.69) is 11.8 Å². The van der Waals surface area contributed by atoms with E-state index in [9.17, 15) is 14.9 Å². The van der Waals surface area contributed by atoms with Crippen LogP contribution in [0.2, 0.25) is 0 Å². The third-order valence-electron chi connectivity index (χ3n) is 3.36. The van der Waals surface area contributed by atoms with Gasteiger partial charge in [-0.3, -0.25) is 14.9 Å². The van der Waals surface area contributed by atoms with Crippen molar-refractivity contribution in [3.63, 3.8) is 0 Å². The number of carbonyl (C=O) groups is 1. The van der Waals surface area contributed by atoms with Gasteiger partial charge in [0.15, 0.2) is 11.5 Å².